The van der Waals surface area contributed by atoms with Crippen LogP contribution in [0.15, 0.2) is 66.6 Å². The third-order valence-corrected chi connectivity index (χ3v) is 2.60. The van der Waals surface area contributed by atoms with Crippen LogP contribution in [0.2, 0.25) is 0 Å². The van der Waals surface area contributed by atoms with E-state index in [0.29, 0.717) is 0 Å². The SMILES string of the molecule is C=C/C=C(\C=C)C1CC(c2ccncc2)=NO1. The molecule has 0 saturated carbocycles. The summed E-state index contributed by atoms with van der Waals surface area (Å²) in [6, 6.07) is 3.85. The molecule has 17 heavy (non-hydrogen) atoms. The summed E-state index contributed by atoms with van der Waals surface area (Å²) in [5, 5.41) is 4.10. The molecule has 2 rings (SSSR count). The van der Waals surface area contributed by atoms with Crippen LogP contribution < -0.4 is 0 Å². The number of allylic oxidation sites excluding steroid dienone is 2. The van der Waals surface area contributed by atoms with Crippen molar-refractivity contribution in [3.05, 3.63) is 67.0 Å². The van der Waals surface area contributed by atoms with Crippen LogP contribution in [-0.2, 0) is 4.84 Å². The molecule has 1 unspecified atom stereocenters. The van der Waals surface area contributed by atoms with Crippen molar-refractivity contribution < 1.29 is 4.84 Å². The molecule has 0 fully saturated rings. The maximum Gasteiger partial charge on any atom is 0.158 e. The lowest BCUT2D eigenvalue weighted by atomic mass is 10.0. The standard InChI is InChI=1S/C14H14N2O/c1-3-5-11(4-2)14-10-13(16-17-14)12-6-8-15-9-7-12/h3-9,14H,1-2,10H2/b11-5+. The Morgan fingerprint density at radius 2 is 2.12 bits per heavy atom. The van der Waals surface area contributed by atoms with E-state index in [-0.39, 0.29) is 6.10 Å². The van der Waals surface area contributed by atoms with Crippen molar-refractivity contribution in [3.63, 3.8) is 0 Å². The first-order valence-electron chi connectivity index (χ1n) is 5.43. The topological polar surface area (TPSA) is 34.5 Å². The first kappa shape index (κ1) is 11.3. The predicted octanol–water partition coefficient (Wildman–Crippen LogP) is 2.87. The average molecular weight is 226 g/mol. The Hall–Kier alpha value is -2.16. The number of aromatic nitrogens is 1. The minimum Gasteiger partial charge on any atom is -0.387 e. The van der Waals surface area contributed by atoms with Crippen LogP contribution >= 0.6 is 0 Å². The summed E-state index contributed by atoms with van der Waals surface area (Å²) in [4.78, 5) is 9.39. The second kappa shape index (κ2) is 5.25. The summed E-state index contributed by atoms with van der Waals surface area (Å²) in [5.41, 5.74) is 2.98. The summed E-state index contributed by atoms with van der Waals surface area (Å²) in [6.45, 7) is 7.44. The second-order valence-electron chi connectivity index (χ2n) is 3.68. The fourth-order valence-electron chi connectivity index (χ4n) is 1.71. The molecule has 0 aromatic carbocycles. The van der Waals surface area contributed by atoms with Gasteiger partial charge in [0.15, 0.2) is 6.10 Å². The van der Waals surface area contributed by atoms with Gasteiger partial charge in [-0.2, -0.15) is 0 Å². The summed E-state index contributed by atoms with van der Waals surface area (Å²) in [5.74, 6) is 0. The van der Waals surface area contributed by atoms with E-state index < -0.39 is 0 Å². The zero-order valence-electron chi connectivity index (χ0n) is 9.54. The van der Waals surface area contributed by atoms with Gasteiger partial charge >= 0.3 is 0 Å². The third kappa shape index (κ3) is 2.50. The molecule has 1 aliphatic rings. The average Bonchev–Trinajstić information content (AvgIpc) is 2.86. The van der Waals surface area contributed by atoms with Crippen molar-refractivity contribution >= 4 is 5.71 Å². The van der Waals surface area contributed by atoms with Gasteiger partial charge in [-0.25, -0.2) is 0 Å². The molecule has 1 atom stereocenters. The van der Waals surface area contributed by atoms with Crippen LogP contribution in [0.4, 0.5) is 0 Å². The lowest BCUT2D eigenvalue weighted by molar-refractivity contribution is 0.114. The van der Waals surface area contributed by atoms with E-state index >= 15 is 0 Å². The van der Waals surface area contributed by atoms with Crippen LogP contribution in [0.25, 0.3) is 0 Å². The van der Waals surface area contributed by atoms with Gasteiger partial charge in [0.25, 0.3) is 0 Å². The van der Waals surface area contributed by atoms with Crippen molar-refractivity contribution in [1.82, 2.24) is 4.98 Å². The zero-order chi connectivity index (χ0) is 12.1. The van der Waals surface area contributed by atoms with Crippen LogP contribution in [0.5, 0.6) is 0 Å². The Kier molecular flexibility index (Phi) is 3.50. The molecule has 1 aromatic rings. The molecule has 0 saturated heterocycles. The predicted molar refractivity (Wildman–Crippen MR) is 68.7 cm³/mol. The van der Waals surface area contributed by atoms with Crippen LogP contribution in [0.3, 0.4) is 0 Å². The highest BCUT2D eigenvalue weighted by Gasteiger charge is 2.23. The van der Waals surface area contributed by atoms with E-state index in [1.165, 1.54) is 0 Å². The van der Waals surface area contributed by atoms with Crippen molar-refractivity contribution in [2.45, 2.75) is 12.5 Å². The van der Waals surface area contributed by atoms with Gasteiger partial charge in [-0.05, 0) is 17.7 Å². The summed E-state index contributed by atoms with van der Waals surface area (Å²) < 4.78 is 0. The number of hydrogen-bond acceptors (Lipinski definition) is 3. The highest BCUT2D eigenvalue weighted by molar-refractivity contribution is 6.01. The highest BCUT2D eigenvalue weighted by Crippen LogP contribution is 2.22. The Morgan fingerprint density at radius 3 is 2.76 bits per heavy atom. The molecule has 3 heteroatoms. The van der Waals surface area contributed by atoms with E-state index in [1.807, 2.05) is 18.2 Å². The summed E-state index contributed by atoms with van der Waals surface area (Å²) in [6.07, 6.45) is 9.58. The third-order valence-electron chi connectivity index (χ3n) is 2.60. The maximum atomic E-state index is 5.41. The molecule has 0 radical (unpaired) electrons. The highest BCUT2D eigenvalue weighted by atomic mass is 16.6. The number of hydrogen-bond donors (Lipinski definition) is 0. The van der Waals surface area contributed by atoms with Gasteiger partial charge in [0, 0.05) is 24.4 Å². The Morgan fingerprint density at radius 1 is 1.35 bits per heavy atom. The molecule has 86 valence electrons. The molecule has 0 spiro atoms. The molecule has 0 aliphatic carbocycles. The number of pyridine rings is 1. The van der Waals surface area contributed by atoms with E-state index in [1.54, 1.807) is 24.5 Å². The van der Waals surface area contributed by atoms with E-state index in [2.05, 4.69) is 23.3 Å². The zero-order valence-corrected chi connectivity index (χ0v) is 9.54. The molecule has 1 aliphatic heterocycles. The van der Waals surface area contributed by atoms with Crippen molar-refractivity contribution in [3.8, 4) is 0 Å². The minimum atomic E-state index is -0.0614. The monoisotopic (exact) mass is 226 g/mol. The van der Waals surface area contributed by atoms with Gasteiger partial charge in [-0.1, -0.05) is 36.5 Å². The minimum absolute atomic E-state index is 0.0614. The fraction of sp³-hybridized carbons (Fsp3) is 0.143. The lowest BCUT2D eigenvalue weighted by Crippen LogP contribution is -2.10. The van der Waals surface area contributed by atoms with Gasteiger partial charge in [-0.3, -0.25) is 4.98 Å². The molecule has 0 bridgehead atoms. The fourth-order valence-corrected chi connectivity index (χ4v) is 1.71. The Bertz CT molecular complexity index is 474. The van der Waals surface area contributed by atoms with Crippen LogP contribution in [0.1, 0.15) is 12.0 Å². The number of nitrogens with zero attached hydrogens (tertiary/aromatic N) is 2. The maximum absolute atomic E-state index is 5.41. The van der Waals surface area contributed by atoms with E-state index in [9.17, 15) is 0 Å². The molecule has 3 nitrogen and oxygen atoms in total. The van der Waals surface area contributed by atoms with Crippen molar-refractivity contribution in [1.29, 1.82) is 0 Å². The Labute approximate surface area is 101 Å². The number of rotatable bonds is 4. The lowest BCUT2D eigenvalue weighted by Gasteiger charge is -2.08. The molecule has 1 aromatic heterocycles. The largest absolute Gasteiger partial charge is 0.387 e. The van der Waals surface area contributed by atoms with E-state index in [4.69, 9.17) is 4.84 Å². The van der Waals surface area contributed by atoms with Crippen molar-refractivity contribution in [2.24, 2.45) is 5.16 Å². The molecule has 0 N–H and O–H groups in total. The van der Waals surface area contributed by atoms with Crippen molar-refractivity contribution in [2.75, 3.05) is 0 Å². The van der Waals surface area contributed by atoms with Gasteiger partial charge in [0.1, 0.15) is 0 Å². The molecular formula is C14H14N2O. The number of oxime groups is 1. The van der Waals surface area contributed by atoms with Gasteiger partial charge in [0.2, 0.25) is 0 Å². The quantitative estimate of drug-likeness (QED) is 0.740. The Balaban J connectivity index is 2.11. The second-order valence-corrected chi connectivity index (χ2v) is 3.68. The van der Waals surface area contributed by atoms with E-state index in [0.717, 1.165) is 23.3 Å². The van der Waals surface area contributed by atoms with Crippen LogP contribution in [0, 0.1) is 0 Å². The first-order valence-corrected chi connectivity index (χ1v) is 5.43. The molecule has 2 heterocycles. The van der Waals surface area contributed by atoms with Gasteiger partial charge in [-0.15, -0.1) is 0 Å². The molecular weight excluding hydrogens is 212 g/mol. The summed E-state index contributed by atoms with van der Waals surface area (Å²) in [7, 11) is 0. The van der Waals surface area contributed by atoms with Gasteiger partial charge < -0.3 is 4.84 Å². The normalized spacial score (nSPS) is 19.4. The first-order chi connectivity index (χ1) is 8.35. The van der Waals surface area contributed by atoms with Gasteiger partial charge in [0.05, 0.1) is 5.71 Å². The molecule has 0 amide bonds. The summed E-state index contributed by atoms with van der Waals surface area (Å²) >= 11 is 0. The smallest absolute Gasteiger partial charge is 0.158 e. The van der Waals surface area contributed by atoms with Crippen LogP contribution in [-0.4, -0.2) is 16.8 Å².